The highest BCUT2D eigenvalue weighted by Gasteiger charge is 2.51. The van der Waals surface area contributed by atoms with Crippen LogP contribution >= 0.6 is 11.8 Å². The molecule has 1 saturated heterocycles. The molecule has 1 aromatic rings. The number of hydrogen-bond acceptors (Lipinski definition) is 2. The van der Waals surface area contributed by atoms with Crippen molar-refractivity contribution in [1.82, 2.24) is 4.90 Å². The quantitative estimate of drug-likeness (QED) is 0.568. The summed E-state index contributed by atoms with van der Waals surface area (Å²) >= 11 is 1.83. The normalized spacial score (nSPS) is 20.9. The second kappa shape index (κ2) is 5.22. The molecule has 1 saturated carbocycles. The maximum absolute atomic E-state index is 12.7. The summed E-state index contributed by atoms with van der Waals surface area (Å²) in [7, 11) is 0. The predicted molar refractivity (Wildman–Crippen MR) is 74.5 cm³/mol. The summed E-state index contributed by atoms with van der Waals surface area (Å²) < 4.78 is 12.7. The minimum Gasteiger partial charge on any atom is -0.302 e. The Morgan fingerprint density at radius 2 is 1.83 bits per heavy atom. The SMILES string of the molecule is Fc1ccc(SCCCCN2CC3(CC3)C2)cc1. The Balaban J connectivity index is 1.25. The van der Waals surface area contributed by atoms with Crippen molar-refractivity contribution < 1.29 is 4.39 Å². The molecule has 1 heterocycles. The van der Waals surface area contributed by atoms with Crippen molar-refractivity contribution in [3.63, 3.8) is 0 Å². The molecule has 3 heteroatoms. The Morgan fingerprint density at radius 1 is 1.11 bits per heavy atom. The maximum Gasteiger partial charge on any atom is 0.123 e. The van der Waals surface area contributed by atoms with E-state index >= 15 is 0 Å². The molecule has 0 bridgehead atoms. The molecule has 1 spiro atoms. The van der Waals surface area contributed by atoms with Crippen molar-refractivity contribution in [2.24, 2.45) is 5.41 Å². The van der Waals surface area contributed by atoms with Crippen LogP contribution in [0.2, 0.25) is 0 Å². The van der Waals surface area contributed by atoms with Gasteiger partial charge in [-0.3, -0.25) is 0 Å². The van der Waals surface area contributed by atoms with E-state index in [4.69, 9.17) is 0 Å². The fourth-order valence-corrected chi connectivity index (χ4v) is 3.62. The molecular formula is C15H20FNS. The highest BCUT2D eigenvalue weighted by molar-refractivity contribution is 7.99. The Hall–Kier alpha value is -0.540. The minimum atomic E-state index is -0.147. The van der Waals surface area contributed by atoms with Crippen LogP contribution in [0.1, 0.15) is 25.7 Å². The number of likely N-dealkylation sites (tertiary alicyclic amines) is 1. The third-order valence-electron chi connectivity index (χ3n) is 4.03. The molecule has 1 aliphatic heterocycles. The number of nitrogens with zero attached hydrogens (tertiary/aromatic N) is 1. The number of thioether (sulfide) groups is 1. The first-order chi connectivity index (χ1) is 8.76. The van der Waals surface area contributed by atoms with Crippen molar-refractivity contribution in [1.29, 1.82) is 0 Å². The van der Waals surface area contributed by atoms with Gasteiger partial charge in [0.1, 0.15) is 5.82 Å². The van der Waals surface area contributed by atoms with Gasteiger partial charge in [0.05, 0.1) is 0 Å². The van der Waals surface area contributed by atoms with E-state index < -0.39 is 0 Å². The van der Waals surface area contributed by atoms with Crippen LogP contribution in [0.3, 0.4) is 0 Å². The van der Waals surface area contributed by atoms with Gasteiger partial charge < -0.3 is 4.90 Å². The van der Waals surface area contributed by atoms with E-state index in [0.29, 0.717) is 0 Å². The van der Waals surface area contributed by atoms with Crippen LogP contribution in [0, 0.1) is 11.2 Å². The molecule has 0 aromatic heterocycles. The highest BCUT2D eigenvalue weighted by Crippen LogP contribution is 2.52. The molecule has 0 unspecified atom stereocenters. The first-order valence-electron chi connectivity index (χ1n) is 6.87. The zero-order valence-electron chi connectivity index (χ0n) is 10.7. The van der Waals surface area contributed by atoms with Crippen molar-refractivity contribution in [3.8, 4) is 0 Å². The van der Waals surface area contributed by atoms with Crippen LogP contribution in [0.5, 0.6) is 0 Å². The molecule has 18 heavy (non-hydrogen) atoms. The smallest absolute Gasteiger partial charge is 0.123 e. The van der Waals surface area contributed by atoms with E-state index in [1.165, 1.54) is 62.3 Å². The summed E-state index contributed by atoms with van der Waals surface area (Å²) in [6.45, 7) is 3.99. The summed E-state index contributed by atoms with van der Waals surface area (Å²) in [5.74, 6) is 0.996. The highest BCUT2D eigenvalue weighted by atomic mass is 32.2. The fourth-order valence-electron chi connectivity index (χ4n) is 2.71. The van der Waals surface area contributed by atoms with Crippen molar-refractivity contribution in [2.75, 3.05) is 25.4 Å². The van der Waals surface area contributed by atoms with Crippen molar-refractivity contribution in [2.45, 2.75) is 30.6 Å². The summed E-state index contributed by atoms with van der Waals surface area (Å²) in [5, 5.41) is 0. The lowest BCUT2D eigenvalue weighted by Gasteiger charge is -2.40. The summed E-state index contributed by atoms with van der Waals surface area (Å²) in [6, 6.07) is 6.81. The van der Waals surface area contributed by atoms with Gasteiger partial charge in [-0.05, 0) is 67.7 Å². The maximum atomic E-state index is 12.7. The van der Waals surface area contributed by atoms with Crippen LogP contribution in [0.4, 0.5) is 4.39 Å². The van der Waals surface area contributed by atoms with Gasteiger partial charge in [0.25, 0.3) is 0 Å². The van der Waals surface area contributed by atoms with Crippen LogP contribution in [0.25, 0.3) is 0 Å². The second-order valence-electron chi connectivity index (χ2n) is 5.72. The second-order valence-corrected chi connectivity index (χ2v) is 6.89. The Bertz CT molecular complexity index is 391. The number of unbranched alkanes of at least 4 members (excludes halogenated alkanes) is 1. The van der Waals surface area contributed by atoms with Crippen LogP contribution in [0.15, 0.2) is 29.2 Å². The van der Waals surface area contributed by atoms with E-state index in [-0.39, 0.29) is 5.82 Å². The minimum absolute atomic E-state index is 0.147. The molecule has 0 atom stereocenters. The molecule has 0 radical (unpaired) electrons. The molecule has 0 N–H and O–H groups in total. The van der Waals surface area contributed by atoms with Crippen molar-refractivity contribution in [3.05, 3.63) is 30.1 Å². The average molecular weight is 265 g/mol. The monoisotopic (exact) mass is 265 g/mol. The van der Waals surface area contributed by atoms with Crippen molar-refractivity contribution >= 4 is 11.8 Å². The first kappa shape index (κ1) is 12.5. The number of rotatable bonds is 6. The van der Waals surface area contributed by atoms with Crippen LogP contribution < -0.4 is 0 Å². The third kappa shape index (κ3) is 3.07. The summed E-state index contributed by atoms with van der Waals surface area (Å²) in [4.78, 5) is 3.77. The molecule has 98 valence electrons. The Labute approximate surface area is 113 Å². The number of hydrogen-bond donors (Lipinski definition) is 0. The first-order valence-corrected chi connectivity index (χ1v) is 7.85. The molecule has 1 aromatic carbocycles. The predicted octanol–water partition coefficient (Wildman–Crippen LogP) is 3.79. The van der Waals surface area contributed by atoms with Gasteiger partial charge in [-0.15, -0.1) is 11.8 Å². The third-order valence-corrected chi connectivity index (χ3v) is 5.12. The topological polar surface area (TPSA) is 3.24 Å². The van der Waals surface area contributed by atoms with Gasteiger partial charge in [-0.25, -0.2) is 4.39 Å². The van der Waals surface area contributed by atoms with Gasteiger partial charge >= 0.3 is 0 Å². The average Bonchev–Trinajstić information content (AvgIpc) is 3.10. The van der Waals surface area contributed by atoms with E-state index in [9.17, 15) is 4.39 Å². The van der Waals surface area contributed by atoms with Crippen LogP contribution in [-0.2, 0) is 0 Å². The summed E-state index contributed by atoms with van der Waals surface area (Å²) in [6.07, 6.45) is 5.50. The lowest BCUT2D eigenvalue weighted by Crippen LogP contribution is -2.48. The lowest BCUT2D eigenvalue weighted by molar-refractivity contribution is 0.0806. The number of halogens is 1. The molecule has 2 fully saturated rings. The zero-order valence-corrected chi connectivity index (χ0v) is 11.5. The molecular weight excluding hydrogens is 245 g/mol. The largest absolute Gasteiger partial charge is 0.302 e. The Kier molecular flexibility index (Phi) is 3.62. The van der Waals surface area contributed by atoms with Gasteiger partial charge in [0.15, 0.2) is 0 Å². The fraction of sp³-hybridized carbons (Fsp3) is 0.600. The zero-order chi connectivity index (χ0) is 12.4. The molecule has 2 aliphatic rings. The van der Waals surface area contributed by atoms with E-state index in [0.717, 1.165) is 11.2 Å². The van der Waals surface area contributed by atoms with Gasteiger partial charge in [0, 0.05) is 18.0 Å². The molecule has 0 amide bonds. The summed E-state index contributed by atoms with van der Waals surface area (Å²) in [5.41, 5.74) is 0.795. The van der Waals surface area contributed by atoms with Gasteiger partial charge in [-0.1, -0.05) is 0 Å². The van der Waals surface area contributed by atoms with Crippen LogP contribution in [-0.4, -0.2) is 30.3 Å². The van der Waals surface area contributed by atoms with Gasteiger partial charge in [0.2, 0.25) is 0 Å². The standard InChI is InChI=1S/C15H20FNS/c16-13-3-5-14(6-4-13)18-10-2-1-9-17-11-15(12-17)7-8-15/h3-6H,1-2,7-12H2. The molecule has 1 aliphatic carbocycles. The molecule has 3 rings (SSSR count). The Morgan fingerprint density at radius 3 is 2.50 bits per heavy atom. The molecule has 1 nitrogen and oxygen atoms in total. The van der Waals surface area contributed by atoms with Gasteiger partial charge in [-0.2, -0.15) is 0 Å². The van der Waals surface area contributed by atoms with E-state index in [2.05, 4.69) is 4.90 Å². The van der Waals surface area contributed by atoms with E-state index in [1.807, 2.05) is 23.9 Å². The lowest BCUT2D eigenvalue weighted by atomic mass is 9.97. The van der Waals surface area contributed by atoms with E-state index in [1.54, 1.807) is 0 Å². The number of benzene rings is 1.